The van der Waals surface area contributed by atoms with Crippen LogP contribution in [-0.2, 0) is 4.74 Å². The fraction of sp³-hybridized carbons (Fsp3) is 0.528. The van der Waals surface area contributed by atoms with Crippen molar-refractivity contribution < 1.29 is 14.3 Å². The number of piperazine rings is 1. The van der Waals surface area contributed by atoms with Gasteiger partial charge in [0.15, 0.2) is 5.82 Å². The molecule has 48 heavy (non-hydrogen) atoms. The summed E-state index contributed by atoms with van der Waals surface area (Å²) in [6, 6.07) is 15.1. The van der Waals surface area contributed by atoms with Gasteiger partial charge in [0, 0.05) is 73.9 Å². The number of benzene rings is 2. The molecule has 3 saturated heterocycles. The minimum atomic E-state index is -0.364. The van der Waals surface area contributed by atoms with E-state index in [0.717, 1.165) is 57.0 Å². The molecule has 1 saturated carbocycles. The van der Waals surface area contributed by atoms with Crippen molar-refractivity contribution in [2.75, 3.05) is 72.9 Å². The largest absolute Gasteiger partial charge is 0.377 e. The van der Waals surface area contributed by atoms with Crippen molar-refractivity contribution in [3.63, 3.8) is 0 Å². The normalized spacial score (nSPS) is 23.3. The van der Waals surface area contributed by atoms with Crippen molar-refractivity contribution in [3.05, 3.63) is 54.1 Å². The molecule has 12 nitrogen and oxygen atoms in total. The van der Waals surface area contributed by atoms with E-state index in [0.29, 0.717) is 60.0 Å². The van der Waals surface area contributed by atoms with Crippen LogP contribution in [-0.4, -0.2) is 107 Å². The predicted octanol–water partition coefficient (Wildman–Crippen LogP) is 4.95. The van der Waals surface area contributed by atoms with Crippen molar-refractivity contribution in [2.45, 2.75) is 64.6 Å². The summed E-state index contributed by atoms with van der Waals surface area (Å²) < 4.78 is 5.67. The van der Waals surface area contributed by atoms with Gasteiger partial charge in [-0.1, -0.05) is 0 Å². The monoisotopic (exact) mass is 653 g/mol. The molecule has 3 aromatic rings. The van der Waals surface area contributed by atoms with Gasteiger partial charge in [0.25, 0.3) is 5.91 Å². The zero-order valence-corrected chi connectivity index (χ0v) is 28.3. The second-order valence-corrected chi connectivity index (χ2v) is 13.8. The molecular formula is C36H47N9O3. The van der Waals surface area contributed by atoms with Crippen LogP contribution in [0.4, 0.5) is 28.1 Å². The van der Waals surface area contributed by atoms with Gasteiger partial charge >= 0.3 is 6.03 Å². The Morgan fingerprint density at radius 1 is 0.750 bits per heavy atom. The maximum absolute atomic E-state index is 13.1. The van der Waals surface area contributed by atoms with Gasteiger partial charge in [-0.05, 0) is 101 Å². The Labute approximate surface area is 282 Å². The van der Waals surface area contributed by atoms with Gasteiger partial charge in [-0.2, -0.15) is 15.0 Å². The molecule has 2 aromatic carbocycles. The Morgan fingerprint density at radius 3 is 2.00 bits per heavy atom. The third kappa shape index (κ3) is 7.39. The lowest BCUT2D eigenvalue weighted by molar-refractivity contribution is 0.0632. The summed E-state index contributed by atoms with van der Waals surface area (Å²) in [5, 5.41) is 5.77. The molecule has 4 heterocycles. The van der Waals surface area contributed by atoms with Gasteiger partial charge in [0.05, 0.1) is 19.3 Å². The van der Waals surface area contributed by atoms with Crippen LogP contribution in [0, 0.1) is 5.92 Å². The van der Waals surface area contributed by atoms with Crippen LogP contribution in [0.2, 0.25) is 0 Å². The summed E-state index contributed by atoms with van der Waals surface area (Å²) in [5.41, 5.74) is 2.73. The van der Waals surface area contributed by atoms with E-state index in [1.165, 1.54) is 19.4 Å². The number of amides is 3. The van der Waals surface area contributed by atoms with Crippen molar-refractivity contribution in [1.82, 2.24) is 24.8 Å². The molecule has 1 aliphatic carbocycles. The SMILES string of the molecule is CC1COCCN1c1nc(-c2ccc(NC(=O)Nc3ccc(C(=O)N4CCN(CC5CC5)CC4)cc3)cc2)nc(N2C(C)CCC2C)n1. The summed E-state index contributed by atoms with van der Waals surface area (Å²) in [6.45, 7) is 13.1. The molecule has 3 amide bonds. The number of urea groups is 1. The smallest absolute Gasteiger partial charge is 0.323 e. The van der Waals surface area contributed by atoms with Crippen LogP contribution in [0.5, 0.6) is 0 Å². The maximum Gasteiger partial charge on any atom is 0.323 e. The van der Waals surface area contributed by atoms with Crippen molar-refractivity contribution in [1.29, 1.82) is 0 Å². The molecular weight excluding hydrogens is 606 g/mol. The molecule has 2 N–H and O–H groups in total. The zero-order valence-electron chi connectivity index (χ0n) is 28.3. The number of ether oxygens (including phenoxy) is 1. The number of carbonyl (C=O) groups is 2. The highest BCUT2D eigenvalue weighted by molar-refractivity contribution is 6.00. The number of nitrogens with zero attached hydrogens (tertiary/aromatic N) is 7. The molecule has 0 radical (unpaired) electrons. The lowest BCUT2D eigenvalue weighted by Crippen LogP contribution is -2.49. The Bertz CT molecular complexity index is 1580. The molecule has 4 fully saturated rings. The molecule has 3 aliphatic heterocycles. The number of nitrogens with one attached hydrogen (secondary N) is 2. The molecule has 4 aliphatic rings. The molecule has 0 bridgehead atoms. The summed E-state index contributed by atoms with van der Waals surface area (Å²) in [5.74, 6) is 2.87. The van der Waals surface area contributed by atoms with Crippen molar-refractivity contribution in [3.8, 4) is 11.4 Å². The average Bonchev–Trinajstić information content (AvgIpc) is 3.85. The first-order valence-corrected chi connectivity index (χ1v) is 17.5. The minimum absolute atomic E-state index is 0.0403. The second kappa shape index (κ2) is 14.1. The first-order chi connectivity index (χ1) is 23.3. The van der Waals surface area contributed by atoms with Crippen LogP contribution in [0.1, 0.15) is 56.8 Å². The van der Waals surface area contributed by atoms with Gasteiger partial charge in [-0.15, -0.1) is 0 Å². The van der Waals surface area contributed by atoms with Crippen LogP contribution >= 0.6 is 0 Å². The number of hydrogen-bond acceptors (Lipinski definition) is 9. The van der Waals surface area contributed by atoms with E-state index in [1.54, 1.807) is 24.3 Å². The fourth-order valence-corrected chi connectivity index (χ4v) is 7.01. The average molecular weight is 654 g/mol. The molecule has 0 spiro atoms. The highest BCUT2D eigenvalue weighted by Crippen LogP contribution is 2.32. The molecule has 254 valence electrons. The van der Waals surface area contributed by atoms with Crippen molar-refractivity contribution >= 4 is 35.2 Å². The minimum Gasteiger partial charge on any atom is -0.377 e. The Kier molecular flexibility index (Phi) is 9.45. The number of aromatic nitrogens is 3. The van der Waals surface area contributed by atoms with Gasteiger partial charge in [-0.3, -0.25) is 9.69 Å². The number of rotatable bonds is 8. The lowest BCUT2D eigenvalue weighted by atomic mass is 10.1. The van der Waals surface area contributed by atoms with Gasteiger partial charge < -0.3 is 30.1 Å². The summed E-state index contributed by atoms with van der Waals surface area (Å²) >= 11 is 0. The second-order valence-electron chi connectivity index (χ2n) is 13.8. The standard InChI is InChI=1S/C36H47N9O3/c1-24-4-5-25(2)45(24)35-40-32(39-34(41-35)44-20-21-48-23-26(44)3)28-8-12-30(13-9-28)37-36(47)38-31-14-10-29(11-15-31)33(46)43-18-16-42(17-19-43)22-27-6-7-27/h8-15,24-27H,4-7,16-23H2,1-3H3,(H2,37,38,47). The summed E-state index contributed by atoms with van der Waals surface area (Å²) in [7, 11) is 0. The van der Waals surface area contributed by atoms with Gasteiger partial charge in [-0.25, -0.2) is 4.79 Å². The van der Waals surface area contributed by atoms with E-state index in [4.69, 9.17) is 19.7 Å². The number of anilines is 4. The molecule has 7 rings (SSSR count). The number of carbonyl (C=O) groups excluding carboxylic acids is 2. The zero-order chi connectivity index (χ0) is 33.2. The lowest BCUT2D eigenvalue weighted by Gasteiger charge is -2.34. The number of hydrogen-bond donors (Lipinski definition) is 2. The Morgan fingerprint density at radius 2 is 1.38 bits per heavy atom. The highest BCUT2D eigenvalue weighted by Gasteiger charge is 2.32. The highest BCUT2D eigenvalue weighted by atomic mass is 16.5. The number of morpholine rings is 1. The topological polar surface area (TPSA) is 119 Å². The van der Waals surface area contributed by atoms with Gasteiger partial charge in [0.2, 0.25) is 11.9 Å². The third-order valence-electron chi connectivity index (χ3n) is 10.1. The summed E-state index contributed by atoms with van der Waals surface area (Å²) in [6.07, 6.45) is 4.91. The fourth-order valence-electron chi connectivity index (χ4n) is 7.01. The molecule has 12 heteroatoms. The van der Waals surface area contributed by atoms with E-state index < -0.39 is 0 Å². The van der Waals surface area contributed by atoms with Crippen molar-refractivity contribution in [2.24, 2.45) is 5.92 Å². The van der Waals surface area contributed by atoms with E-state index in [2.05, 4.69) is 46.1 Å². The van der Waals surface area contributed by atoms with Crippen LogP contribution < -0.4 is 20.4 Å². The predicted molar refractivity (Wildman–Crippen MR) is 188 cm³/mol. The van der Waals surface area contributed by atoms with E-state index >= 15 is 0 Å². The van der Waals surface area contributed by atoms with E-state index in [-0.39, 0.29) is 18.0 Å². The van der Waals surface area contributed by atoms with Crippen LogP contribution in [0.15, 0.2) is 48.5 Å². The first kappa shape index (κ1) is 32.3. The molecule has 3 atom stereocenters. The Balaban J connectivity index is 0.982. The molecule has 3 unspecified atom stereocenters. The van der Waals surface area contributed by atoms with E-state index in [9.17, 15) is 9.59 Å². The first-order valence-electron chi connectivity index (χ1n) is 17.5. The summed E-state index contributed by atoms with van der Waals surface area (Å²) in [4.78, 5) is 49.6. The Hall–Kier alpha value is -4.29. The molecule has 1 aromatic heterocycles. The quantitative estimate of drug-likeness (QED) is 0.348. The van der Waals surface area contributed by atoms with Gasteiger partial charge in [0.1, 0.15) is 0 Å². The van der Waals surface area contributed by atoms with E-state index in [1.807, 2.05) is 29.2 Å². The van der Waals surface area contributed by atoms with Crippen LogP contribution in [0.3, 0.4) is 0 Å². The van der Waals surface area contributed by atoms with Crippen LogP contribution in [0.25, 0.3) is 11.4 Å². The third-order valence-corrected chi connectivity index (χ3v) is 10.1. The maximum atomic E-state index is 13.1.